The summed E-state index contributed by atoms with van der Waals surface area (Å²) in [5.41, 5.74) is 3.22. The highest BCUT2D eigenvalue weighted by Gasteiger charge is 2.16. The lowest BCUT2D eigenvalue weighted by molar-refractivity contribution is -0.115. The number of hydrogen-bond acceptors (Lipinski definition) is 6. The molecule has 152 valence electrons. The standard InChI is InChI=1S/C20H21N3O3S3/c1-13-4-10-17(11-5-13)28-14(2)19(24)22-20-21-18(12-27-20)15-6-8-16(9-7-15)23-29(3,25)26/h4-12,14,23H,1-3H3,(H,21,22,24). The van der Waals surface area contributed by atoms with Crippen molar-refractivity contribution in [3.8, 4) is 11.3 Å². The fraction of sp³-hybridized carbons (Fsp3) is 0.200. The van der Waals surface area contributed by atoms with E-state index in [4.69, 9.17) is 0 Å². The van der Waals surface area contributed by atoms with Gasteiger partial charge in [0.2, 0.25) is 15.9 Å². The summed E-state index contributed by atoms with van der Waals surface area (Å²) in [7, 11) is -3.31. The quantitative estimate of drug-likeness (QED) is 0.517. The van der Waals surface area contributed by atoms with E-state index in [1.807, 2.05) is 43.5 Å². The Kier molecular flexibility index (Phi) is 6.61. The molecule has 0 aliphatic heterocycles. The van der Waals surface area contributed by atoms with Crippen LogP contribution in [0.3, 0.4) is 0 Å². The van der Waals surface area contributed by atoms with E-state index in [9.17, 15) is 13.2 Å². The van der Waals surface area contributed by atoms with Crippen molar-refractivity contribution in [1.29, 1.82) is 0 Å². The molecular weight excluding hydrogens is 426 g/mol. The number of anilines is 2. The number of aryl methyl sites for hydroxylation is 1. The minimum atomic E-state index is -3.31. The van der Waals surface area contributed by atoms with Crippen LogP contribution in [0, 0.1) is 6.92 Å². The van der Waals surface area contributed by atoms with Crippen molar-refractivity contribution in [2.45, 2.75) is 24.0 Å². The summed E-state index contributed by atoms with van der Waals surface area (Å²) in [6, 6.07) is 15.0. The molecule has 3 rings (SSSR count). The van der Waals surface area contributed by atoms with E-state index in [2.05, 4.69) is 15.0 Å². The molecule has 0 saturated carbocycles. The number of carbonyl (C=O) groups excluding carboxylic acids is 1. The van der Waals surface area contributed by atoms with Gasteiger partial charge in [0.1, 0.15) is 0 Å². The average molecular weight is 448 g/mol. The molecule has 2 N–H and O–H groups in total. The number of benzene rings is 2. The van der Waals surface area contributed by atoms with Gasteiger partial charge in [0, 0.05) is 21.5 Å². The van der Waals surface area contributed by atoms with E-state index in [0.717, 1.165) is 22.4 Å². The molecule has 2 aromatic carbocycles. The van der Waals surface area contributed by atoms with Gasteiger partial charge in [-0.1, -0.05) is 29.8 Å². The van der Waals surface area contributed by atoms with Gasteiger partial charge in [-0.3, -0.25) is 9.52 Å². The lowest BCUT2D eigenvalue weighted by Gasteiger charge is -2.10. The molecule has 6 nitrogen and oxygen atoms in total. The van der Waals surface area contributed by atoms with Crippen molar-refractivity contribution in [3.05, 3.63) is 59.5 Å². The third-order valence-corrected chi connectivity index (χ3v) is 6.40. The molecule has 9 heteroatoms. The average Bonchev–Trinajstić information content (AvgIpc) is 3.11. The normalized spacial score (nSPS) is 12.4. The first-order valence-electron chi connectivity index (χ1n) is 8.77. The number of sulfonamides is 1. The summed E-state index contributed by atoms with van der Waals surface area (Å²) < 4.78 is 25.0. The number of hydrogen-bond donors (Lipinski definition) is 2. The molecule has 0 fully saturated rings. The van der Waals surface area contributed by atoms with E-state index < -0.39 is 10.0 Å². The maximum absolute atomic E-state index is 12.5. The second-order valence-electron chi connectivity index (χ2n) is 6.55. The lowest BCUT2D eigenvalue weighted by atomic mass is 10.1. The maximum atomic E-state index is 12.5. The van der Waals surface area contributed by atoms with Crippen LogP contribution in [0.15, 0.2) is 58.8 Å². The van der Waals surface area contributed by atoms with Crippen molar-refractivity contribution >= 4 is 49.8 Å². The molecule has 0 radical (unpaired) electrons. The molecule has 0 aliphatic carbocycles. The lowest BCUT2D eigenvalue weighted by Crippen LogP contribution is -2.22. The molecule has 0 aliphatic rings. The van der Waals surface area contributed by atoms with Gasteiger partial charge < -0.3 is 5.32 Å². The van der Waals surface area contributed by atoms with Crippen LogP contribution < -0.4 is 10.0 Å². The van der Waals surface area contributed by atoms with E-state index in [-0.39, 0.29) is 11.2 Å². The van der Waals surface area contributed by atoms with Gasteiger partial charge >= 0.3 is 0 Å². The predicted molar refractivity (Wildman–Crippen MR) is 121 cm³/mol. The summed E-state index contributed by atoms with van der Waals surface area (Å²) in [5.74, 6) is -0.107. The molecule has 1 unspecified atom stereocenters. The van der Waals surface area contributed by atoms with E-state index in [1.54, 1.807) is 24.3 Å². The van der Waals surface area contributed by atoms with Crippen molar-refractivity contribution in [1.82, 2.24) is 4.98 Å². The summed E-state index contributed by atoms with van der Waals surface area (Å²) in [5, 5.41) is 4.99. The van der Waals surface area contributed by atoms with Crippen LogP contribution in [0.25, 0.3) is 11.3 Å². The summed E-state index contributed by atoms with van der Waals surface area (Å²) in [4.78, 5) is 18.0. The number of amides is 1. The van der Waals surface area contributed by atoms with Gasteiger partial charge in [-0.05, 0) is 38.1 Å². The largest absolute Gasteiger partial charge is 0.301 e. The number of thiazole rings is 1. The van der Waals surface area contributed by atoms with Crippen molar-refractivity contribution in [2.24, 2.45) is 0 Å². The Morgan fingerprint density at radius 2 is 1.76 bits per heavy atom. The fourth-order valence-electron chi connectivity index (χ4n) is 2.47. The zero-order valence-electron chi connectivity index (χ0n) is 16.2. The van der Waals surface area contributed by atoms with Crippen LogP contribution in [0.5, 0.6) is 0 Å². The molecule has 0 saturated heterocycles. The van der Waals surface area contributed by atoms with Crippen molar-refractivity contribution < 1.29 is 13.2 Å². The monoisotopic (exact) mass is 447 g/mol. The minimum absolute atomic E-state index is 0.107. The highest BCUT2D eigenvalue weighted by Crippen LogP contribution is 2.28. The van der Waals surface area contributed by atoms with Crippen LogP contribution in [-0.2, 0) is 14.8 Å². The predicted octanol–water partition coefficient (Wildman–Crippen LogP) is 4.61. The Labute approximate surface area is 178 Å². The van der Waals surface area contributed by atoms with E-state index in [0.29, 0.717) is 10.8 Å². The van der Waals surface area contributed by atoms with Crippen LogP contribution in [-0.4, -0.2) is 30.8 Å². The zero-order chi connectivity index (χ0) is 21.0. The number of thioether (sulfide) groups is 1. The molecular formula is C20H21N3O3S3. The number of carbonyl (C=O) groups is 1. The second-order valence-corrected chi connectivity index (χ2v) is 10.6. The van der Waals surface area contributed by atoms with Crippen molar-refractivity contribution in [2.75, 3.05) is 16.3 Å². The minimum Gasteiger partial charge on any atom is -0.301 e. The third-order valence-electron chi connectivity index (χ3n) is 3.92. The van der Waals surface area contributed by atoms with Gasteiger partial charge in [0.25, 0.3) is 0 Å². The smallest absolute Gasteiger partial charge is 0.239 e. The topological polar surface area (TPSA) is 88.2 Å². The number of rotatable bonds is 7. The Morgan fingerprint density at radius 3 is 2.38 bits per heavy atom. The van der Waals surface area contributed by atoms with Gasteiger partial charge in [-0.15, -0.1) is 23.1 Å². The van der Waals surface area contributed by atoms with Crippen LogP contribution in [0.2, 0.25) is 0 Å². The SMILES string of the molecule is Cc1ccc(SC(C)C(=O)Nc2nc(-c3ccc(NS(C)(=O)=O)cc3)cs2)cc1. The first-order chi connectivity index (χ1) is 13.7. The molecule has 29 heavy (non-hydrogen) atoms. The van der Waals surface area contributed by atoms with Crippen LogP contribution in [0.4, 0.5) is 10.8 Å². The summed E-state index contributed by atoms with van der Waals surface area (Å²) in [6.45, 7) is 3.89. The molecule has 1 atom stereocenters. The van der Waals surface area contributed by atoms with Gasteiger partial charge in [-0.2, -0.15) is 0 Å². The molecule has 0 bridgehead atoms. The Hall–Kier alpha value is -2.36. The second kappa shape index (κ2) is 8.98. The molecule has 1 heterocycles. The van der Waals surface area contributed by atoms with Gasteiger partial charge in [-0.25, -0.2) is 13.4 Å². The Balaban J connectivity index is 1.62. The highest BCUT2D eigenvalue weighted by molar-refractivity contribution is 8.00. The maximum Gasteiger partial charge on any atom is 0.239 e. The molecule has 3 aromatic rings. The van der Waals surface area contributed by atoms with Crippen molar-refractivity contribution in [3.63, 3.8) is 0 Å². The highest BCUT2D eigenvalue weighted by atomic mass is 32.2. The van der Waals surface area contributed by atoms with Gasteiger partial charge in [0.05, 0.1) is 17.2 Å². The molecule has 1 amide bonds. The number of nitrogens with zero attached hydrogens (tertiary/aromatic N) is 1. The van der Waals surface area contributed by atoms with Crippen LogP contribution >= 0.6 is 23.1 Å². The van der Waals surface area contributed by atoms with E-state index in [1.165, 1.54) is 28.7 Å². The Morgan fingerprint density at radius 1 is 1.10 bits per heavy atom. The third kappa shape index (κ3) is 6.31. The van der Waals surface area contributed by atoms with Crippen LogP contribution in [0.1, 0.15) is 12.5 Å². The number of aromatic nitrogens is 1. The zero-order valence-corrected chi connectivity index (χ0v) is 18.6. The molecule has 0 spiro atoms. The first kappa shape index (κ1) is 21.4. The first-order valence-corrected chi connectivity index (χ1v) is 12.4. The van der Waals surface area contributed by atoms with Gasteiger partial charge in [0.15, 0.2) is 5.13 Å². The Bertz CT molecular complexity index is 1090. The number of nitrogens with one attached hydrogen (secondary N) is 2. The summed E-state index contributed by atoms with van der Waals surface area (Å²) >= 11 is 2.85. The summed E-state index contributed by atoms with van der Waals surface area (Å²) in [6.07, 6.45) is 1.11. The van der Waals surface area contributed by atoms with E-state index >= 15 is 0 Å². The fourth-order valence-corrected chi connectivity index (χ4v) is 4.62. The molecule has 1 aromatic heterocycles.